The minimum Gasteiger partial charge on any atom is -0.342 e. The molecule has 0 saturated heterocycles. The van der Waals surface area contributed by atoms with Gasteiger partial charge in [-0.2, -0.15) is 5.10 Å². The van der Waals surface area contributed by atoms with Gasteiger partial charge in [0.15, 0.2) is 0 Å². The SMILES string of the molecule is CCCn1ncnc1[C@@H](C)NC(=O)c1ccc(Cl)c(C)c1. The first-order chi connectivity index (χ1) is 10.0. The molecule has 1 aromatic heterocycles. The van der Waals surface area contributed by atoms with E-state index in [1.807, 2.05) is 18.5 Å². The van der Waals surface area contributed by atoms with Gasteiger partial charge in [-0.15, -0.1) is 0 Å². The van der Waals surface area contributed by atoms with Crippen LogP contribution >= 0.6 is 11.6 Å². The van der Waals surface area contributed by atoms with Crippen molar-refractivity contribution in [2.45, 2.75) is 39.8 Å². The van der Waals surface area contributed by atoms with Crippen LogP contribution in [0.5, 0.6) is 0 Å². The van der Waals surface area contributed by atoms with Crippen molar-refractivity contribution in [3.63, 3.8) is 0 Å². The highest BCUT2D eigenvalue weighted by Crippen LogP contribution is 2.17. The Morgan fingerprint density at radius 3 is 2.90 bits per heavy atom. The molecule has 0 fully saturated rings. The monoisotopic (exact) mass is 306 g/mol. The molecule has 0 radical (unpaired) electrons. The highest BCUT2D eigenvalue weighted by atomic mass is 35.5. The van der Waals surface area contributed by atoms with Crippen LogP contribution in [0.25, 0.3) is 0 Å². The van der Waals surface area contributed by atoms with Crippen LogP contribution in [0.4, 0.5) is 0 Å². The van der Waals surface area contributed by atoms with Gasteiger partial charge in [0.05, 0.1) is 6.04 Å². The molecule has 0 bridgehead atoms. The fraction of sp³-hybridized carbons (Fsp3) is 0.400. The number of amides is 1. The van der Waals surface area contributed by atoms with Crippen molar-refractivity contribution < 1.29 is 4.79 Å². The van der Waals surface area contributed by atoms with Gasteiger partial charge >= 0.3 is 0 Å². The van der Waals surface area contributed by atoms with E-state index in [9.17, 15) is 4.79 Å². The second-order valence-electron chi connectivity index (χ2n) is 5.00. The molecule has 0 aliphatic rings. The summed E-state index contributed by atoms with van der Waals surface area (Å²) < 4.78 is 1.82. The molecule has 0 saturated carbocycles. The Bertz CT molecular complexity index is 638. The number of carbonyl (C=O) groups is 1. The van der Waals surface area contributed by atoms with Gasteiger partial charge in [-0.25, -0.2) is 9.67 Å². The van der Waals surface area contributed by atoms with Gasteiger partial charge in [0.25, 0.3) is 5.91 Å². The van der Waals surface area contributed by atoms with Crippen LogP contribution in [0.15, 0.2) is 24.5 Å². The zero-order valence-corrected chi connectivity index (χ0v) is 13.2. The molecule has 2 rings (SSSR count). The first-order valence-electron chi connectivity index (χ1n) is 6.97. The predicted molar refractivity (Wildman–Crippen MR) is 82.4 cm³/mol. The second-order valence-corrected chi connectivity index (χ2v) is 5.41. The minimum atomic E-state index is -0.206. The minimum absolute atomic E-state index is 0.145. The zero-order valence-electron chi connectivity index (χ0n) is 12.4. The van der Waals surface area contributed by atoms with E-state index in [1.54, 1.807) is 18.2 Å². The lowest BCUT2D eigenvalue weighted by molar-refractivity contribution is 0.0937. The van der Waals surface area contributed by atoms with E-state index in [0.29, 0.717) is 10.6 Å². The van der Waals surface area contributed by atoms with Gasteiger partial charge in [0.1, 0.15) is 12.2 Å². The fourth-order valence-corrected chi connectivity index (χ4v) is 2.24. The van der Waals surface area contributed by atoms with E-state index in [-0.39, 0.29) is 11.9 Å². The number of hydrogen-bond acceptors (Lipinski definition) is 3. The van der Waals surface area contributed by atoms with E-state index < -0.39 is 0 Å². The van der Waals surface area contributed by atoms with Crippen LogP contribution in [0.2, 0.25) is 5.02 Å². The molecule has 1 N–H and O–H groups in total. The van der Waals surface area contributed by atoms with Crippen molar-refractivity contribution in [3.05, 3.63) is 46.5 Å². The quantitative estimate of drug-likeness (QED) is 0.923. The summed E-state index contributed by atoms with van der Waals surface area (Å²) in [7, 11) is 0. The normalized spacial score (nSPS) is 12.2. The Labute approximate surface area is 129 Å². The van der Waals surface area contributed by atoms with Gasteiger partial charge in [-0.3, -0.25) is 4.79 Å². The Morgan fingerprint density at radius 2 is 2.24 bits per heavy atom. The summed E-state index contributed by atoms with van der Waals surface area (Å²) in [5, 5.41) is 7.76. The highest BCUT2D eigenvalue weighted by molar-refractivity contribution is 6.31. The van der Waals surface area contributed by atoms with Gasteiger partial charge in [0, 0.05) is 17.1 Å². The third-order valence-corrected chi connectivity index (χ3v) is 3.66. The summed E-state index contributed by atoms with van der Waals surface area (Å²) in [6.07, 6.45) is 2.48. The fourth-order valence-electron chi connectivity index (χ4n) is 2.12. The van der Waals surface area contributed by atoms with E-state index in [0.717, 1.165) is 24.4 Å². The van der Waals surface area contributed by atoms with Gasteiger partial charge < -0.3 is 5.32 Å². The van der Waals surface area contributed by atoms with Crippen LogP contribution in [0.1, 0.15) is 48.1 Å². The van der Waals surface area contributed by atoms with Gasteiger partial charge in [0.2, 0.25) is 0 Å². The van der Waals surface area contributed by atoms with Crippen molar-refractivity contribution in [2.75, 3.05) is 0 Å². The molecule has 1 atom stereocenters. The molecule has 0 unspecified atom stereocenters. The molecule has 5 nitrogen and oxygen atoms in total. The first kappa shape index (κ1) is 15.5. The third kappa shape index (κ3) is 3.61. The van der Waals surface area contributed by atoms with E-state index in [4.69, 9.17) is 11.6 Å². The number of halogens is 1. The number of nitrogens with one attached hydrogen (secondary N) is 1. The molecular weight excluding hydrogens is 288 g/mol. The van der Waals surface area contributed by atoms with E-state index >= 15 is 0 Å². The Hall–Kier alpha value is -1.88. The third-order valence-electron chi connectivity index (χ3n) is 3.24. The zero-order chi connectivity index (χ0) is 15.4. The Kier molecular flexibility index (Phi) is 4.96. The first-order valence-corrected chi connectivity index (χ1v) is 7.35. The summed E-state index contributed by atoms with van der Waals surface area (Å²) >= 11 is 5.97. The second kappa shape index (κ2) is 6.72. The molecule has 1 aromatic carbocycles. The molecule has 1 amide bonds. The van der Waals surface area contributed by atoms with Crippen LogP contribution in [0, 0.1) is 6.92 Å². The molecule has 1 heterocycles. The Balaban J connectivity index is 2.11. The molecule has 112 valence electrons. The summed E-state index contributed by atoms with van der Waals surface area (Å²) in [5.41, 5.74) is 1.47. The summed E-state index contributed by atoms with van der Waals surface area (Å²) in [4.78, 5) is 16.5. The predicted octanol–water partition coefficient (Wildman–Crippen LogP) is 3.14. The summed E-state index contributed by atoms with van der Waals surface area (Å²) in [6.45, 7) is 6.64. The van der Waals surface area contributed by atoms with Crippen molar-refractivity contribution in [1.82, 2.24) is 20.1 Å². The number of benzene rings is 1. The molecule has 21 heavy (non-hydrogen) atoms. The largest absolute Gasteiger partial charge is 0.342 e. The van der Waals surface area contributed by atoms with Crippen molar-refractivity contribution >= 4 is 17.5 Å². The lowest BCUT2D eigenvalue weighted by Gasteiger charge is -2.14. The average molecular weight is 307 g/mol. The number of hydrogen-bond donors (Lipinski definition) is 1. The van der Waals surface area contributed by atoms with Crippen LogP contribution in [-0.2, 0) is 6.54 Å². The van der Waals surface area contributed by atoms with Crippen molar-refractivity contribution in [1.29, 1.82) is 0 Å². The standard InChI is InChI=1S/C15H19ClN4O/c1-4-7-20-14(17-9-18-20)11(3)19-15(21)12-5-6-13(16)10(2)8-12/h5-6,8-9,11H,4,7H2,1-3H3,(H,19,21)/t11-/m1/s1. The molecular formula is C15H19ClN4O. The molecule has 0 aliphatic carbocycles. The van der Waals surface area contributed by atoms with Gasteiger partial charge in [-0.1, -0.05) is 18.5 Å². The smallest absolute Gasteiger partial charge is 0.251 e. The number of nitrogens with zero attached hydrogens (tertiary/aromatic N) is 3. The van der Waals surface area contributed by atoms with Crippen molar-refractivity contribution in [2.24, 2.45) is 0 Å². The molecule has 2 aromatic rings. The Morgan fingerprint density at radius 1 is 1.48 bits per heavy atom. The van der Waals surface area contributed by atoms with Crippen molar-refractivity contribution in [3.8, 4) is 0 Å². The van der Waals surface area contributed by atoms with E-state index in [1.165, 1.54) is 6.33 Å². The maximum Gasteiger partial charge on any atom is 0.251 e. The van der Waals surface area contributed by atoms with Crippen LogP contribution in [0.3, 0.4) is 0 Å². The van der Waals surface area contributed by atoms with Crippen LogP contribution < -0.4 is 5.32 Å². The molecule has 6 heteroatoms. The van der Waals surface area contributed by atoms with Gasteiger partial charge in [-0.05, 0) is 44.0 Å². The topological polar surface area (TPSA) is 59.8 Å². The maximum absolute atomic E-state index is 12.3. The number of rotatable bonds is 5. The number of carbonyl (C=O) groups excluding carboxylic acids is 1. The number of aromatic nitrogens is 3. The highest BCUT2D eigenvalue weighted by Gasteiger charge is 2.16. The summed E-state index contributed by atoms with van der Waals surface area (Å²) in [5.74, 6) is 0.615. The van der Waals surface area contributed by atoms with E-state index in [2.05, 4.69) is 22.3 Å². The molecule has 0 spiro atoms. The maximum atomic E-state index is 12.3. The lowest BCUT2D eigenvalue weighted by Crippen LogP contribution is -2.29. The average Bonchev–Trinajstić information content (AvgIpc) is 2.90. The lowest BCUT2D eigenvalue weighted by atomic mass is 10.1. The molecule has 0 aliphatic heterocycles. The number of aryl methyl sites for hydroxylation is 2. The summed E-state index contributed by atoms with van der Waals surface area (Å²) in [6, 6.07) is 5.02. The van der Waals surface area contributed by atoms with Crippen LogP contribution in [-0.4, -0.2) is 20.7 Å².